The van der Waals surface area contributed by atoms with E-state index in [4.69, 9.17) is 18.8 Å². The van der Waals surface area contributed by atoms with E-state index in [0.717, 1.165) is 111 Å². The second-order valence-corrected chi connectivity index (χ2v) is 14.9. The number of pyridine rings is 2. The monoisotopic (exact) mass is 742 g/mol. The summed E-state index contributed by atoms with van der Waals surface area (Å²) in [5, 5.41) is 6.69. The van der Waals surface area contributed by atoms with Crippen molar-refractivity contribution in [1.82, 2.24) is 19.1 Å². The van der Waals surface area contributed by atoms with Crippen LogP contribution >= 0.6 is 0 Å². The number of para-hydroxylation sites is 4. The van der Waals surface area contributed by atoms with Crippen molar-refractivity contribution in [2.24, 2.45) is 0 Å². The molecule has 6 nitrogen and oxygen atoms in total. The van der Waals surface area contributed by atoms with Crippen molar-refractivity contribution in [3.63, 3.8) is 0 Å². The van der Waals surface area contributed by atoms with Crippen molar-refractivity contribution in [1.29, 1.82) is 0 Å². The van der Waals surface area contributed by atoms with Gasteiger partial charge in [0.1, 0.15) is 33.8 Å². The molecule has 0 aliphatic heterocycles. The summed E-state index contributed by atoms with van der Waals surface area (Å²) in [6, 6.07) is 63.9. The molecule has 0 spiro atoms. The fourth-order valence-corrected chi connectivity index (χ4v) is 9.15. The molecule has 0 saturated heterocycles. The molecular weight excluding hydrogens is 713 g/mol. The molecule has 0 saturated carbocycles. The molecule has 0 radical (unpaired) electrons. The normalized spacial score (nSPS) is 12.1. The van der Waals surface area contributed by atoms with Gasteiger partial charge in [0.2, 0.25) is 0 Å². The van der Waals surface area contributed by atoms with Crippen LogP contribution in [0.15, 0.2) is 191 Å². The lowest BCUT2D eigenvalue weighted by Gasteiger charge is -2.14. The lowest BCUT2D eigenvalue weighted by Crippen LogP contribution is -1.98. The van der Waals surface area contributed by atoms with Crippen LogP contribution < -0.4 is 0 Å². The zero-order valence-corrected chi connectivity index (χ0v) is 30.9. The zero-order valence-electron chi connectivity index (χ0n) is 30.9. The SMILES string of the molecule is c1ccc(-c2cc3c(cc2-c2ccc4c5ccccc5n(-c5ccc6oc7ccccc7c6n5)c4c2)c2ccccc2n3-c2ccc3oc4ccccc4c3n2)cc1. The molecule has 7 aromatic carbocycles. The first-order chi connectivity index (χ1) is 28.7. The Morgan fingerprint density at radius 1 is 0.310 bits per heavy atom. The average Bonchev–Trinajstić information content (AvgIpc) is 4.03. The Hall–Kier alpha value is -7.96. The molecule has 0 bridgehead atoms. The minimum atomic E-state index is 0.777. The first kappa shape index (κ1) is 31.3. The Kier molecular flexibility index (Phi) is 6.35. The van der Waals surface area contributed by atoms with E-state index in [0.29, 0.717) is 0 Å². The first-order valence-corrected chi connectivity index (χ1v) is 19.5. The Balaban J connectivity index is 1.08. The van der Waals surface area contributed by atoms with E-state index in [1.165, 1.54) is 10.8 Å². The molecule has 0 aliphatic carbocycles. The van der Waals surface area contributed by atoms with Gasteiger partial charge in [-0.2, -0.15) is 0 Å². The number of hydrogen-bond donors (Lipinski definition) is 0. The number of hydrogen-bond acceptors (Lipinski definition) is 4. The highest BCUT2D eigenvalue weighted by molar-refractivity contribution is 6.14. The van der Waals surface area contributed by atoms with Gasteiger partial charge in [-0.15, -0.1) is 0 Å². The zero-order chi connectivity index (χ0) is 37.9. The third-order valence-corrected chi connectivity index (χ3v) is 11.8. The topological polar surface area (TPSA) is 61.9 Å². The van der Waals surface area contributed by atoms with Gasteiger partial charge in [-0.05, 0) is 101 Å². The van der Waals surface area contributed by atoms with Gasteiger partial charge in [-0.25, -0.2) is 9.97 Å². The van der Waals surface area contributed by atoms with Crippen LogP contribution in [-0.2, 0) is 0 Å². The highest BCUT2D eigenvalue weighted by Crippen LogP contribution is 2.43. The second-order valence-electron chi connectivity index (χ2n) is 14.9. The Labute approximate surface area is 330 Å². The van der Waals surface area contributed by atoms with E-state index in [1.807, 2.05) is 48.5 Å². The summed E-state index contributed by atoms with van der Waals surface area (Å²) < 4.78 is 16.9. The number of furan rings is 2. The van der Waals surface area contributed by atoms with Gasteiger partial charge in [-0.1, -0.05) is 103 Å². The van der Waals surface area contributed by atoms with Crippen LogP contribution in [0.4, 0.5) is 0 Å². The van der Waals surface area contributed by atoms with Crippen LogP contribution in [0.1, 0.15) is 0 Å². The number of nitrogens with zero attached hydrogens (tertiary/aromatic N) is 4. The van der Waals surface area contributed by atoms with E-state index >= 15 is 0 Å². The van der Waals surface area contributed by atoms with Gasteiger partial charge in [0.15, 0.2) is 11.2 Å². The summed E-state index contributed by atoms with van der Waals surface area (Å²) in [6.45, 7) is 0. The summed E-state index contributed by atoms with van der Waals surface area (Å²) in [6.07, 6.45) is 0. The fourth-order valence-electron chi connectivity index (χ4n) is 9.15. The Bertz CT molecular complexity index is 3810. The van der Waals surface area contributed by atoms with Crippen LogP contribution in [0, 0.1) is 0 Å². The van der Waals surface area contributed by atoms with Gasteiger partial charge in [0.05, 0.1) is 22.1 Å². The van der Waals surface area contributed by atoms with E-state index < -0.39 is 0 Å². The number of aromatic nitrogens is 4. The maximum Gasteiger partial charge on any atom is 0.154 e. The lowest BCUT2D eigenvalue weighted by molar-refractivity contribution is 0.667. The largest absolute Gasteiger partial charge is 0.454 e. The highest BCUT2D eigenvalue weighted by atomic mass is 16.3. The van der Waals surface area contributed by atoms with Crippen LogP contribution in [0.3, 0.4) is 0 Å². The summed E-state index contributed by atoms with van der Waals surface area (Å²) in [4.78, 5) is 10.5. The van der Waals surface area contributed by atoms with E-state index in [9.17, 15) is 0 Å². The summed E-state index contributed by atoms with van der Waals surface area (Å²) in [5.74, 6) is 1.69. The molecule has 0 amide bonds. The lowest BCUT2D eigenvalue weighted by atomic mass is 9.92. The second kappa shape index (κ2) is 11.8. The number of fused-ring (bicyclic) bond motifs is 12. The Morgan fingerprint density at radius 3 is 1.41 bits per heavy atom. The summed E-state index contributed by atoms with van der Waals surface area (Å²) in [5.41, 5.74) is 13.9. The van der Waals surface area contributed by atoms with Gasteiger partial charge >= 0.3 is 0 Å². The molecule has 0 atom stereocenters. The number of rotatable bonds is 4. The molecule has 6 heteroatoms. The van der Waals surface area contributed by atoms with E-state index in [1.54, 1.807) is 0 Å². The molecule has 270 valence electrons. The molecule has 58 heavy (non-hydrogen) atoms. The third-order valence-electron chi connectivity index (χ3n) is 11.8. The molecule has 13 rings (SSSR count). The van der Waals surface area contributed by atoms with Crippen LogP contribution in [0.5, 0.6) is 0 Å². The minimum Gasteiger partial charge on any atom is -0.454 e. The third kappa shape index (κ3) is 4.42. The molecule has 6 aromatic heterocycles. The Morgan fingerprint density at radius 2 is 0.793 bits per heavy atom. The summed E-state index contributed by atoms with van der Waals surface area (Å²) in [7, 11) is 0. The molecule has 0 aliphatic rings. The van der Waals surface area contributed by atoms with Gasteiger partial charge in [0.25, 0.3) is 0 Å². The predicted molar refractivity (Wildman–Crippen MR) is 236 cm³/mol. The molecule has 13 aromatic rings. The maximum absolute atomic E-state index is 6.18. The van der Waals surface area contributed by atoms with Crippen LogP contribution in [-0.4, -0.2) is 19.1 Å². The van der Waals surface area contributed by atoms with Crippen LogP contribution in [0.2, 0.25) is 0 Å². The average molecular weight is 743 g/mol. The van der Waals surface area contributed by atoms with Crippen molar-refractivity contribution in [2.75, 3.05) is 0 Å². The van der Waals surface area contributed by atoms with Gasteiger partial charge < -0.3 is 8.83 Å². The van der Waals surface area contributed by atoms with Crippen molar-refractivity contribution in [3.05, 3.63) is 182 Å². The van der Waals surface area contributed by atoms with Crippen LogP contribution in [0.25, 0.3) is 122 Å². The van der Waals surface area contributed by atoms with Crippen molar-refractivity contribution in [3.8, 4) is 33.9 Å². The van der Waals surface area contributed by atoms with Crippen molar-refractivity contribution in [2.45, 2.75) is 0 Å². The van der Waals surface area contributed by atoms with E-state index in [-0.39, 0.29) is 0 Å². The standard InChI is InChI=1S/C52H30N4O2/c1-2-12-31(13-3-1)39-30-44-40(34-15-5-9-19-42(34)56(44)50-27-25-48-52(54-50)37-17-7-11-21-46(37)58-48)29-38(39)32-22-23-35-33-14-4-8-18-41(33)55(43(35)28-32)49-26-24-47-51(53-49)36-16-6-10-20-45(36)57-47/h1-30H. The van der Waals surface area contributed by atoms with Gasteiger partial charge in [0, 0.05) is 32.3 Å². The van der Waals surface area contributed by atoms with Crippen molar-refractivity contribution < 1.29 is 8.83 Å². The maximum atomic E-state index is 6.18. The number of benzene rings is 7. The van der Waals surface area contributed by atoms with Crippen molar-refractivity contribution >= 4 is 87.7 Å². The highest BCUT2D eigenvalue weighted by Gasteiger charge is 2.21. The minimum absolute atomic E-state index is 0.777. The molecular formula is C52H30N4O2. The fraction of sp³-hybridized carbons (Fsp3) is 0. The first-order valence-electron chi connectivity index (χ1n) is 19.5. The predicted octanol–water partition coefficient (Wildman–Crippen LogP) is 13.8. The molecule has 6 heterocycles. The smallest absolute Gasteiger partial charge is 0.154 e. The summed E-state index contributed by atoms with van der Waals surface area (Å²) >= 11 is 0. The van der Waals surface area contributed by atoms with Gasteiger partial charge in [-0.3, -0.25) is 9.13 Å². The quantitative estimate of drug-likeness (QED) is 0.180. The molecule has 0 unspecified atom stereocenters. The molecule has 0 fully saturated rings. The molecule has 0 N–H and O–H groups in total. The van der Waals surface area contributed by atoms with E-state index in [2.05, 4.69) is 143 Å².